The number of benzene rings is 2. The van der Waals surface area contributed by atoms with Crippen LogP contribution in [-0.2, 0) is 9.59 Å². The molecule has 27 heavy (non-hydrogen) atoms. The molecule has 3 rings (SSSR count). The van der Waals surface area contributed by atoms with Crippen molar-refractivity contribution in [2.75, 3.05) is 11.1 Å². The third kappa shape index (κ3) is 4.70. The van der Waals surface area contributed by atoms with Gasteiger partial charge in [-0.1, -0.05) is 59.8 Å². The first kappa shape index (κ1) is 19.0. The Morgan fingerprint density at radius 3 is 2.63 bits per heavy atom. The summed E-state index contributed by atoms with van der Waals surface area (Å²) >= 11 is 7.39. The van der Waals surface area contributed by atoms with Crippen molar-refractivity contribution in [1.82, 2.24) is 5.32 Å². The highest BCUT2D eigenvalue weighted by Crippen LogP contribution is 2.38. The maximum absolute atomic E-state index is 12.2. The van der Waals surface area contributed by atoms with E-state index in [0.717, 1.165) is 17.3 Å². The van der Waals surface area contributed by atoms with Gasteiger partial charge < -0.3 is 10.6 Å². The van der Waals surface area contributed by atoms with Crippen LogP contribution in [0.3, 0.4) is 0 Å². The summed E-state index contributed by atoms with van der Waals surface area (Å²) < 4.78 is 0. The number of hydrogen-bond acceptors (Lipinski definition) is 4. The second kappa shape index (κ2) is 8.76. The van der Waals surface area contributed by atoms with Gasteiger partial charge in [0.25, 0.3) is 0 Å². The molecule has 0 spiro atoms. The van der Waals surface area contributed by atoms with Crippen LogP contribution in [0.25, 0.3) is 0 Å². The molecule has 1 atom stereocenters. The van der Waals surface area contributed by atoms with Gasteiger partial charge in [0, 0.05) is 23.0 Å². The first-order chi connectivity index (χ1) is 13.1. The van der Waals surface area contributed by atoms with E-state index in [2.05, 4.69) is 16.7 Å². The largest absolute Gasteiger partial charge is 0.325 e. The highest BCUT2D eigenvalue weighted by molar-refractivity contribution is 8.03. The smallest absolute Gasteiger partial charge is 0.234 e. The zero-order valence-electron chi connectivity index (χ0n) is 14.2. The Hall–Kier alpha value is -2.75. The van der Waals surface area contributed by atoms with Crippen LogP contribution in [0, 0.1) is 11.3 Å². The van der Waals surface area contributed by atoms with Gasteiger partial charge in [-0.3, -0.25) is 9.59 Å². The summed E-state index contributed by atoms with van der Waals surface area (Å²) in [6.07, 6.45) is 0.146. The average Bonchev–Trinajstić information content (AvgIpc) is 2.67. The van der Waals surface area contributed by atoms with E-state index in [0.29, 0.717) is 21.3 Å². The number of nitrogens with zero attached hydrogens (tertiary/aromatic N) is 1. The molecule has 136 valence electrons. The molecule has 2 amide bonds. The third-order valence-corrected chi connectivity index (χ3v) is 5.40. The van der Waals surface area contributed by atoms with Crippen molar-refractivity contribution < 1.29 is 9.59 Å². The molecule has 0 aromatic heterocycles. The SMILES string of the molecule is N#CC1=C(SCC(=O)Nc2ccccc2)NC(=O)CC1c1ccccc1Cl. The molecule has 0 saturated carbocycles. The standard InChI is InChI=1S/C20H16ClN3O2S/c21-17-9-5-4-8-14(17)15-10-18(25)24-20(16(15)11-22)27-12-19(26)23-13-6-2-1-3-7-13/h1-9,15H,10,12H2,(H,23,26)(H,24,25). The summed E-state index contributed by atoms with van der Waals surface area (Å²) in [6.45, 7) is 0. The molecule has 0 radical (unpaired) electrons. The predicted octanol–water partition coefficient (Wildman–Crippen LogP) is 4.05. The van der Waals surface area contributed by atoms with Crippen molar-refractivity contribution in [1.29, 1.82) is 5.26 Å². The molecule has 1 aliphatic heterocycles. The zero-order valence-corrected chi connectivity index (χ0v) is 15.8. The summed E-state index contributed by atoms with van der Waals surface area (Å²) in [5, 5.41) is 16.1. The topological polar surface area (TPSA) is 82.0 Å². The monoisotopic (exact) mass is 397 g/mol. The molecule has 1 heterocycles. The number of para-hydroxylation sites is 1. The fourth-order valence-corrected chi connectivity index (χ4v) is 3.96. The number of nitriles is 1. The minimum Gasteiger partial charge on any atom is -0.325 e. The Balaban J connectivity index is 1.77. The van der Waals surface area contributed by atoms with Crippen LogP contribution in [0.2, 0.25) is 5.02 Å². The number of amides is 2. The number of anilines is 1. The lowest BCUT2D eigenvalue weighted by atomic mass is 9.87. The maximum atomic E-state index is 12.2. The van der Waals surface area contributed by atoms with Crippen LogP contribution in [0.4, 0.5) is 5.69 Å². The van der Waals surface area contributed by atoms with E-state index >= 15 is 0 Å². The summed E-state index contributed by atoms with van der Waals surface area (Å²) in [5.41, 5.74) is 1.84. The molecule has 0 fully saturated rings. The van der Waals surface area contributed by atoms with Crippen LogP contribution in [0.5, 0.6) is 0 Å². The van der Waals surface area contributed by atoms with Crippen molar-refractivity contribution >= 4 is 40.9 Å². The molecule has 7 heteroatoms. The number of carbonyl (C=O) groups excluding carboxylic acids is 2. The summed E-state index contributed by atoms with van der Waals surface area (Å²) in [6, 6.07) is 18.4. The molecule has 1 aliphatic rings. The van der Waals surface area contributed by atoms with Crippen molar-refractivity contribution in [3.05, 3.63) is 75.8 Å². The molecule has 0 aliphatic carbocycles. The Kier molecular flexibility index (Phi) is 6.17. The lowest BCUT2D eigenvalue weighted by Crippen LogP contribution is -2.31. The van der Waals surface area contributed by atoms with E-state index in [1.807, 2.05) is 30.3 Å². The predicted molar refractivity (Wildman–Crippen MR) is 107 cm³/mol. The molecule has 2 aromatic carbocycles. The Morgan fingerprint density at radius 1 is 1.22 bits per heavy atom. The van der Waals surface area contributed by atoms with Gasteiger partial charge in [0.2, 0.25) is 11.8 Å². The van der Waals surface area contributed by atoms with Gasteiger partial charge in [-0.05, 0) is 23.8 Å². The average molecular weight is 398 g/mol. The van der Waals surface area contributed by atoms with Gasteiger partial charge in [-0.2, -0.15) is 5.26 Å². The maximum Gasteiger partial charge on any atom is 0.234 e. The number of hydrogen-bond donors (Lipinski definition) is 2. The number of halogens is 1. The van der Waals surface area contributed by atoms with Gasteiger partial charge in [0.1, 0.15) is 0 Å². The third-order valence-electron chi connectivity index (χ3n) is 4.04. The number of carbonyl (C=O) groups is 2. The van der Waals surface area contributed by atoms with E-state index in [-0.39, 0.29) is 24.0 Å². The second-order valence-electron chi connectivity index (χ2n) is 5.88. The minimum absolute atomic E-state index is 0.0743. The second-order valence-corrected chi connectivity index (χ2v) is 7.28. The number of rotatable bonds is 5. The molecule has 0 saturated heterocycles. The molecule has 2 N–H and O–H groups in total. The number of allylic oxidation sites excluding steroid dienone is 1. The molecular weight excluding hydrogens is 382 g/mol. The van der Waals surface area contributed by atoms with Crippen LogP contribution in [0.15, 0.2) is 65.2 Å². The first-order valence-electron chi connectivity index (χ1n) is 8.24. The van der Waals surface area contributed by atoms with Gasteiger partial charge in [-0.25, -0.2) is 0 Å². The van der Waals surface area contributed by atoms with E-state index in [1.54, 1.807) is 24.3 Å². The first-order valence-corrected chi connectivity index (χ1v) is 9.61. The van der Waals surface area contributed by atoms with E-state index < -0.39 is 5.92 Å². The minimum atomic E-state index is -0.419. The molecular formula is C20H16ClN3O2S. The zero-order chi connectivity index (χ0) is 19.2. The Bertz CT molecular complexity index is 938. The van der Waals surface area contributed by atoms with Gasteiger partial charge in [0.05, 0.1) is 22.4 Å². The van der Waals surface area contributed by atoms with Crippen molar-refractivity contribution in [2.45, 2.75) is 12.3 Å². The summed E-state index contributed by atoms with van der Waals surface area (Å²) in [4.78, 5) is 24.3. The Morgan fingerprint density at radius 2 is 1.93 bits per heavy atom. The molecule has 5 nitrogen and oxygen atoms in total. The van der Waals surface area contributed by atoms with E-state index in [1.165, 1.54) is 0 Å². The van der Waals surface area contributed by atoms with Crippen LogP contribution < -0.4 is 10.6 Å². The lowest BCUT2D eigenvalue weighted by Gasteiger charge is -2.25. The number of nitrogens with one attached hydrogen (secondary N) is 2. The van der Waals surface area contributed by atoms with Gasteiger partial charge in [0.15, 0.2) is 0 Å². The van der Waals surface area contributed by atoms with Crippen molar-refractivity contribution in [3.63, 3.8) is 0 Å². The van der Waals surface area contributed by atoms with E-state index in [4.69, 9.17) is 11.6 Å². The highest BCUT2D eigenvalue weighted by atomic mass is 35.5. The van der Waals surface area contributed by atoms with E-state index in [9.17, 15) is 14.9 Å². The fraction of sp³-hybridized carbons (Fsp3) is 0.150. The van der Waals surface area contributed by atoms with Crippen LogP contribution >= 0.6 is 23.4 Å². The van der Waals surface area contributed by atoms with Gasteiger partial charge in [-0.15, -0.1) is 0 Å². The summed E-state index contributed by atoms with van der Waals surface area (Å²) in [5.74, 6) is -0.766. The van der Waals surface area contributed by atoms with Crippen LogP contribution in [0.1, 0.15) is 17.9 Å². The quantitative estimate of drug-likeness (QED) is 0.797. The van der Waals surface area contributed by atoms with Crippen molar-refractivity contribution in [3.8, 4) is 6.07 Å². The normalized spacial score (nSPS) is 16.4. The lowest BCUT2D eigenvalue weighted by molar-refractivity contribution is -0.121. The number of thioether (sulfide) groups is 1. The molecule has 0 bridgehead atoms. The molecule has 1 unspecified atom stereocenters. The highest BCUT2D eigenvalue weighted by Gasteiger charge is 2.30. The fourth-order valence-electron chi connectivity index (χ4n) is 2.81. The van der Waals surface area contributed by atoms with Crippen LogP contribution in [-0.4, -0.2) is 17.6 Å². The van der Waals surface area contributed by atoms with Crippen molar-refractivity contribution in [2.24, 2.45) is 0 Å². The summed E-state index contributed by atoms with van der Waals surface area (Å²) in [7, 11) is 0. The molecule has 2 aromatic rings. The van der Waals surface area contributed by atoms with Gasteiger partial charge >= 0.3 is 0 Å². The Labute approximate surface area is 166 Å².